The van der Waals surface area contributed by atoms with E-state index in [0.29, 0.717) is 12.3 Å². The van der Waals surface area contributed by atoms with Crippen molar-refractivity contribution in [3.05, 3.63) is 17.5 Å². The molecule has 1 saturated heterocycles. The van der Waals surface area contributed by atoms with E-state index in [1.165, 1.54) is 12.7 Å². The highest BCUT2D eigenvalue weighted by Gasteiger charge is 2.67. The van der Waals surface area contributed by atoms with Crippen LogP contribution in [0.4, 0.5) is 0 Å². The number of aromatic nitrogens is 1. The van der Waals surface area contributed by atoms with E-state index in [1.54, 1.807) is 0 Å². The Morgan fingerprint density at radius 2 is 1.59 bits per heavy atom. The lowest BCUT2D eigenvalue weighted by atomic mass is 9.38. The maximum atomic E-state index is 13.7. The first kappa shape index (κ1) is 28.7. The van der Waals surface area contributed by atoms with Gasteiger partial charge in [-0.05, 0) is 92.8 Å². The molecule has 1 aromatic heterocycles. The van der Waals surface area contributed by atoms with Crippen LogP contribution in [0.5, 0.6) is 0 Å². The number of hydrogen-bond acceptors (Lipinski definition) is 6. The lowest BCUT2D eigenvalue weighted by Gasteiger charge is -2.65. The lowest BCUT2D eigenvalue weighted by molar-refractivity contribution is -0.176. The van der Waals surface area contributed by atoms with Crippen LogP contribution in [0.15, 0.2) is 10.7 Å². The van der Waals surface area contributed by atoms with Gasteiger partial charge in [-0.3, -0.25) is 9.59 Å². The summed E-state index contributed by atoms with van der Waals surface area (Å²) in [5, 5.41) is 4.21. The quantitative estimate of drug-likeness (QED) is 0.344. The van der Waals surface area contributed by atoms with Gasteiger partial charge in [-0.2, -0.15) is 0 Å². The first-order valence-electron chi connectivity index (χ1n) is 15.2. The molecule has 1 unspecified atom stereocenters. The van der Waals surface area contributed by atoms with Crippen molar-refractivity contribution in [2.45, 2.75) is 131 Å². The van der Waals surface area contributed by atoms with Crippen molar-refractivity contribution in [1.82, 2.24) is 5.16 Å². The molecule has 218 valence electrons. The number of ether oxygens (including phenoxy) is 2. The summed E-state index contributed by atoms with van der Waals surface area (Å²) in [5.74, 6) is 1.39. The number of rotatable bonds is 1. The minimum absolute atomic E-state index is 0.0499. The molecule has 7 atom stereocenters. The first-order chi connectivity index (χ1) is 18.0. The topological polar surface area (TPSA) is 78.6 Å². The third-order valence-electron chi connectivity index (χ3n) is 13.0. The van der Waals surface area contributed by atoms with Gasteiger partial charge in [-0.15, -0.1) is 0 Å². The van der Waals surface area contributed by atoms with Crippen molar-refractivity contribution in [3.63, 3.8) is 0 Å². The largest absolute Gasteiger partial charge is 0.469 e. The van der Waals surface area contributed by atoms with E-state index >= 15 is 0 Å². The summed E-state index contributed by atoms with van der Waals surface area (Å²) in [6, 6.07) is 0. The Labute approximate surface area is 235 Å². The van der Waals surface area contributed by atoms with Crippen molar-refractivity contribution in [1.29, 1.82) is 0 Å². The van der Waals surface area contributed by atoms with Crippen molar-refractivity contribution in [2.75, 3.05) is 7.11 Å². The van der Waals surface area contributed by atoms with Crippen LogP contribution in [0.3, 0.4) is 0 Å². The Morgan fingerprint density at radius 1 is 0.897 bits per heavy atom. The normalized spacial score (nSPS) is 43.4. The zero-order chi connectivity index (χ0) is 28.6. The standard InChI is InChI=1S/C33H51NO5/c1-28(2)12-11-24-33(8,17-16-30(5,15-14-28)27(36)37-9)32(7)13-10-22-29(3,4)26-21(20-34-39-26)19-31(22,6)23(32)18-25(35)38-24/h20,22-24H,10-19H2,1-9H3/t22-,23+,24?,30-,31-,32+,33+/m0/s1. The van der Waals surface area contributed by atoms with Crippen LogP contribution in [0, 0.1) is 38.9 Å². The summed E-state index contributed by atoms with van der Waals surface area (Å²) in [4.78, 5) is 26.9. The maximum Gasteiger partial charge on any atom is 0.311 e. The van der Waals surface area contributed by atoms with Crippen molar-refractivity contribution in [2.24, 2.45) is 38.9 Å². The minimum atomic E-state index is -0.551. The smallest absolute Gasteiger partial charge is 0.311 e. The van der Waals surface area contributed by atoms with Crippen LogP contribution in [0.2, 0.25) is 0 Å². The van der Waals surface area contributed by atoms with Crippen LogP contribution in [-0.4, -0.2) is 30.3 Å². The van der Waals surface area contributed by atoms with Gasteiger partial charge < -0.3 is 14.0 Å². The number of esters is 2. The fourth-order valence-electron chi connectivity index (χ4n) is 10.0. The molecule has 2 saturated carbocycles. The van der Waals surface area contributed by atoms with E-state index in [9.17, 15) is 9.59 Å². The number of carbonyl (C=O) groups is 2. The molecule has 0 radical (unpaired) electrons. The summed E-state index contributed by atoms with van der Waals surface area (Å²) in [7, 11) is 1.51. The number of carbonyl (C=O) groups excluding carboxylic acids is 2. The number of hydrogen-bond donors (Lipinski definition) is 0. The van der Waals surface area contributed by atoms with Crippen molar-refractivity contribution >= 4 is 11.9 Å². The van der Waals surface area contributed by atoms with E-state index in [-0.39, 0.29) is 51.0 Å². The fourth-order valence-corrected chi connectivity index (χ4v) is 10.0. The highest BCUT2D eigenvalue weighted by molar-refractivity contribution is 5.76. The molecule has 6 heteroatoms. The zero-order valence-corrected chi connectivity index (χ0v) is 25.9. The van der Waals surface area contributed by atoms with Gasteiger partial charge >= 0.3 is 11.9 Å². The molecule has 1 aromatic rings. The highest BCUT2D eigenvalue weighted by Crippen LogP contribution is 2.70. The average Bonchev–Trinajstić information content (AvgIpc) is 3.31. The summed E-state index contributed by atoms with van der Waals surface area (Å²) < 4.78 is 17.7. The van der Waals surface area contributed by atoms with Gasteiger partial charge in [0.1, 0.15) is 11.9 Å². The van der Waals surface area contributed by atoms with Gasteiger partial charge in [0, 0.05) is 22.8 Å². The van der Waals surface area contributed by atoms with E-state index in [1.807, 2.05) is 6.20 Å². The number of nitrogens with zero attached hydrogens (tertiary/aromatic N) is 1. The molecule has 2 heterocycles. The summed E-state index contributed by atoms with van der Waals surface area (Å²) >= 11 is 0. The predicted octanol–water partition coefficient (Wildman–Crippen LogP) is 7.43. The van der Waals surface area contributed by atoms with Crippen molar-refractivity contribution in [3.8, 4) is 0 Å². The lowest BCUT2D eigenvalue weighted by Crippen LogP contribution is -2.62. The van der Waals surface area contributed by atoms with E-state index < -0.39 is 5.41 Å². The molecule has 0 bridgehead atoms. The molecule has 1 aliphatic heterocycles. The summed E-state index contributed by atoms with van der Waals surface area (Å²) in [6.07, 6.45) is 10.4. The molecule has 6 nitrogen and oxygen atoms in total. The number of methoxy groups -OCH3 is 1. The van der Waals surface area contributed by atoms with Crippen molar-refractivity contribution < 1.29 is 23.6 Å². The Kier molecular flexibility index (Phi) is 6.67. The Bertz CT molecular complexity index is 1140. The Morgan fingerprint density at radius 3 is 2.28 bits per heavy atom. The van der Waals surface area contributed by atoms with E-state index in [0.717, 1.165) is 63.5 Å². The molecule has 3 fully saturated rings. The van der Waals surface area contributed by atoms with Gasteiger partial charge in [-0.25, -0.2) is 0 Å². The third kappa shape index (κ3) is 4.20. The van der Waals surface area contributed by atoms with Crippen LogP contribution >= 0.6 is 0 Å². The van der Waals surface area contributed by atoms with Gasteiger partial charge in [0.2, 0.25) is 0 Å². The van der Waals surface area contributed by atoms with Gasteiger partial charge in [0.15, 0.2) is 0 Å². The second-order valence-corrected chi connectivity index (χ2v) is 16.0. The molecule has 0 aromatic carbocycles. The Hall–Kier alpha value is -1.85. The number of fused-ring (bicyclic) bond motifs is 6. The van der Waals surface area contributed by atoms with Crippen LogP contribution in [0.25, 0.3) is 0 Å². The van der Waals surface area contributed by atoms with Gasteiger partial charge in [0.05, 0.1) is 18.7 Å². The van der Waals surface area contributed by atoms with E-state index in [2.05, 4.69) is 60.5 Å². The third-order valence-corrected chi connectivity index (χ3v) is 13.0. The molecular weight excluding hydrogens is 490 g/mol. The van der Waals surface area contributed by atoms with Crippen LogP contribution < -0.4 is 0 Å². The molecule has 4 aliphatic rings. The Balaban J connectivity index is 1.62. The van der Waals surface area contributed by atoms with Crippen LogP contribution in [0.1, 0.15) is 125 Å². The molecule has 0 N–H and O–H groups in total. The van der Waals surface area contributed by atoms with Gasteiger partial charge in [0.25, 0.3) is 0 Å². The highest BCUT2D eigenvalue weighted by atomic mass is 16.5. The minimum Gasteiger partial charge on any atom is -0.469 e. The maximum absolute atomic E-state index is 13.7. The van der Waals surface area contributed by atoms with Crippen LogP contribution in [-0.2, 0) is 30.9 Å². The average molecular weight is 542 g/mol. The molecule has 0 spiro atoms. The fraction of sp³-hybridized carbons (Fsp3) is 0.848. The molecule has 39 heavy (non-hydrogen) atoms. The van der Waals surface area contributed by atoms with Gasteiger partial charge in [-0.1, -0.05) is 53.6 Å². The molecular formula is C33H51NO5. The monoisotopic (exact) mass is 541 g/mol. The van der Waals surface area contributed by atoms with E-state index in [4.69, 9.17) is 14.0 Å². The predicted molar refractivity (Wildman–Crippen MR) is 150 cm³/mol. The molecule has 5 rings (SSSR count). The SMILES string of the molecule is COC(=O)[C@@]1(C)CCC(C)(C)CCC2OC(=O)C[C@@H]3[C@@]4(C)Cc5cnoc5C(C)(C)[C@@H]4CC[C@@]3(C)[C@]2(C)CC1. The summed E-state index contributed by atoms with van der Waals surface area (Å²) in [5.41, 5.74) is 0.0544. The first-order valence-corrected chi connectivity index (χ1v) is 15.2. The zero-order valence-electron chi connectivity index (χ0n) is 25.9. The second-order valence-electron chi connectivity index (χ2n) is 16.0. The second kappa shape index (κ2) is 9.08. The summed E-state index contributed by atoms with van der Waals surface area (Å²) in [6.45, 7) is 18.5. The molecule has 0 amide bonds. The molecule has 3 aliphatic carbocycles.